The zero-order chi connectivity index (χ0) is 33.0. The van der Waals surface area contributed by atoms with Crippen molar-refractivity contribution in [3.63, 3.8) is 0 Å². The van der Waals surface area contributed by atoms with Crippen LogP contribution in [0.15, 0.2) is 66.5 Å². The molecule has 0 radical (unpaired) electrons. The van der Waals surface area contributed by atoms with Crippen molar-refractivity contribution in [3.8, 4) is 5.75 Å². The van der Waals surface area contributed by atoms with Gasteiger partial charge in [-0.3, -0.25) is 14.1 Å². The fraction of sp³-hybridized carbons (Fsp3) is 0.500. The van der Waals surface area contributed by atoms with Crippen LogP contribution in [0.5, 0.6) is 5.75 Å². The highest BCUT2D eigenvalue weighted by Gasteiger charge is 2.43. The lowest BCUT2D eigenvalue weighted by atomic mass is 9.99. The first kappa shape index (κ1) is 34.6. The van der Waals surface area contributed by atoms with Crippen molar-refractivity contribution in [1.82, 2.24) is 9.99 Å². The number of benzene rings is 2. The molecule has 4 rings (SSSR count). The van der Waals surface area contributed by atoms with E-state index in [0.29, 0.717) is 17.4 Å². The normalized spacial score (nSPS) is 22.5. The Balaban J connectivity index is 1.57. The summed E-state index contributed by atoms with van der Waals surface area (Å²) in [7, 11) is -4.27. The fourth-order valence-corrected chi connectivity index (χ4v) is 6.34. The Hall–Kier alpha value is -3.25. The van der Waals surface area contributed by atoms with Gasteiger partial charge < -0.3 is 34.5 Å². The Labute approximate surface area is 264 Å². The molecule has 1 amide bonds. The van der Waals surface area contributed by atoms with Gasteiger partial charge in [0, 0.05) is 29.8 Å². The summed E-state index contributed by atoms with van der Waals surface area (Å²) in [6.07, 6.45) is 3.71. The molecule has 5 atom stereocenters. The number of carbonyl (C=O) groups is 2. The van der Waals surface area contributed by atoms with Crippen molar-refractivity contribution in [3.05, 3.63) is 66.5 Å². The third-order valence-electron chi connectivity index (χ3n) is 6.92. The van der Waals surface area contributed by atoms with Crippen molar-refractivity contribution in [2.24, 2.45) is 11.1 Å². The highest BCUT2D eigenvalue weighted by atomic mass is 31.2. The molecule has 1 fully saturated rings. The first-order chi connectivity index (χ1) is 21.0. The molecule has 0 saturated carbocycles. The number of hydrogen-bond acceptors (Lipinski definition) is 10. The van der Waals surface area contributed by atoms with Gasteiger partial charge in [0.15, 0.2) is 5.79 Å². The molecule has 13 heteroatoms. The standard InChI is InChI=1S/C32H44N3O9P/c1-21(30(37)40-20-31(2,3)4)34-45(39,44-25-15-9-12-22-11-7-8-14-24(22)25)41-19-27-26(43-32(5,6)38)17-28(42-27)35-16-10-13-23(18-35)29(33)36/h7-12,14-16,18,21,26-28,38H,13,17,19-20H2,1-6H3,(H2,33,36)(H,34,39)/t21?,26?,27?,28-,45?/m1/s1. The van der Waals surface area contributed by atoms with E-state index in [4.69, 9.17) is 29.0 Å². The molecule has 2 aromatic rings. The van der Waals surface area contributed by atoms with E-state index < -0.39 is 49.9 Å². The second-order valence-electron chi connectivity index (χ2n) is 12.9. The molecular weight excluding hydrogens is 601 g/mol. The summed E-state index contributed by atoms with van der Waals surface area (Å²) in [5.41, 5.74) is 5.63. The van der Waals surface area contributed by atoms with Gasteiger partial charge in [-0.05, 0) is 44.1 Å². The second kappa shape index (κ2) is 14.0. The second-order valence-corrected chi connectivity index (χ2v) is 14.6. The van der Waals surface area contributed by atoms with Gasteiger partial charge in [0.2, 0.25) is 5.91 Å². The van der Waals surface area contributed by atoms with Crippen LogP contribution in [-0.4, -0.2) is 65.4 Å². The average Bonchev–Trinajstić information content (AvgIpc) is 3.35. The first-order valence-corrected chi connectivity index (χ1v) is 16.4. The first-order valence-electron chi connectivity index (χ1n) is 14.9. The smallest absolute Gasteiger partial charge is 0.459 e. The number of aliphatic hydroxyl groups is 1. The molecule has 2 aromatic carbocycles. The van der Waals surface area contributed by atoms with Gasteiger partial charge in [0.1, 0.15) is 24.1 Å². The Morgan fingerprint density at radius 1 is 1.16 bits per heavy atom. The van der Waals surface area contributed by atoms with Crippen LogP contribution in [0.2, 0.25) is 0 Å². The van der Waals surface area contributed by atoms with Crippen LogP contribution < -0.4 is 15.3 Å². The summed E-state index contributed by atoms with van der Waals surface area (Å²) < 4.78 is 44.0. The number of nitrogens with two attached hydrogens (primary N) is 1. The zero-order valence-corrected chi connectivity index (χ0v) is 27.5. The summed E-state index contributed by atoms with van der Waals surface area (Å²) in [6.45, 7) is 10.2. The number of ether oxygens (including phenoxy) is 3. The van der Waals surface area contributed by atoms with Gasteiger partial charge in [-0.2, -0.15) is 5.09 Å². The number of hydrogen-bond donors (Lipinski definition) is 3. The van der Waals surface area contributed by atoms with Crippen LogP contribution in [-0.2, 0) is 32.9 Å². The Bertz CT molecular complexity index is 1470. The van der Waals surface area contributed by atoms with Gasteiger partial charge in [-0.15, -0.1) is 0 Å². The largest absolute Gasteiger partial charge is 0.464 e. The minimum absolute atomic E-state index is 0.164. The minimum Gasteiger partial charge on any atom is -0.464 e. The highest BCUT2D eigenvalue weighted by molar-refractivity contribution is 7.52. The summed E-state index contributed by atoms with van der Waals surface area (Å²) >= 11 is 0. The van der Waals surface area contributed by atoms with E-state index in [-0.39, 0.29) is 30.8 Å². The lowest BCUT2D eigenvalue weighted by molar-refractivity contribution is -0.216. The number of fused-ring (bicyclic) bond motifs is 1. The van der Waals surface area contributed by atoms with Gasteiger partial charge in [-0.25, -0.2) is 4.57 Å². The van der Waals surface area contributed by atoms with Crippen LogP contribution in [0.25, 0.3) is 10.8 Å². The molecule has 0 bridgehead atoms. The average molecular weight is 646 g/mol. The third kappa shape index (κ3) is 9.87. The number of carbonyl (C=O) groups excluding carboxylic acids is 2. The lowest BCUT2D eigenvalue weighted by Crippen LogP contribution is -2.39. The predicted octanol–water partition coefficient (Wildman–Crippen LogP) is 4.73. The molecule has 12 nitrogen and oxygen atoms in total. The van der Waals surface area contributed by atoms with E-state index in [1.165, 1.54) is 20.8 Å². The van der Waals surface area contributed by atoms with E-state index in [9.17, 15) is 19.3 Å². The lowest BCUT2D eigenvalue weighted by Gasteiger charge is -2.28. The number of nitrogens with one attached hydrogen (secondary N) is 1. The quantitative estimate of drug-likeness (QED) is 0.157. The molecule has 2 heterocycles. The summed E-state index contributed by atoms with van der Waals surface area (Å²) in [5.74, 6) is -2.39. The molecule has 4 N–H and O–H groups in total. The van der Waals surface area contributed by atoms with Crippen molar-refractivity contribution in [1.29, 1.82) is 0 Å². The number of nitrogens with zero attached hydrogens (tertiary/aromatic N) is 1. The molecular formula is C32H44N3O9P. The van der Waals surface area contributed by atoms with E-state index in [1.807, 2.05) is 51.1 Å². The zero-order valence-electron chi connectivity index (χ0n) is 26.6. The maximum atomic E-state index is 14.4. The van der Waals surface area contributed by atoms with Crippen LogP contribution >= 0.6 is 7.75 Å². The molecule has 1 saturated heterocycles. The SMILES string of the molecule is CC(NP(=O)(OCC1O[C@@H](N2C=CCC(C(N)=O)=C2)CC1OC(C)(C)O)Oc1cccc2ccccc12)C(=O)OCC(C)(C)C. The fourth-order valence-electron chi connectivity index (χ4n) is 4.82. The number of allylic oxidation sites excluding steroid dienone is 1. The molecule has 2 aliphatic heterocycles. The topological polar surface area (TPSA) is 159 Å². The maximum absolute atomic E-state index is 14.4. The van der Waals surface area contributed by atoms with Crippen molar-refractivity contribution in [2.45, 2.75) is 84.6 Å². The van der Waals surface area contributed by atoms with E-state index in [0.717, 1.165) is 5.39 Å². The van der Waals surface area contributed by atoms with Crippen molar-refractivity contribution < 1.29 is 42.5 Å². The predicted molar refractivity (Wildman–Crippen MR) is 168 cm³/mol. The van der Waals surface area contributed by atoms with Crippen molar-refractivity contribution in [2.75, 3.05) is 13.2 Å². The van der Waals surface area contributed by atoms with Crippen LogP contribution in [0.1, 0.15) is 54.4 Å². The van der Waals surface area contributed by atoms with E-state index >= 15 is 0 Å². The summed E-state index contributed by atoms with van der Waals surface area (Å²) in [4.78, 5) is 26.3. The molecule has 4 unspecified atom stereocenters. The van der Waals surface area contributed by atoms with Gasteiger partial charge >= 0.3 is 13.7 Å². The van der Waals surface area contributed by atoms with Gasteiger partial charge in [0.25, 0.3) is 0 Å². The number of primary amides is 1. The molecule has 246 valence electrons. The van der Waals surface area contributed by atoms with Crippen LogP contribution in [0, 0.1) is 5.41 Å². The Morgan fingerprint density at radius 2 is 1.87 bits per heavy atom. The monoisotopic (exact) mass is 645 g/mol. The van der Waals surface area contributed by atoms with Crippen molar-refractivity contribution >= 4 is 30.4 Å². The Morgan fingerprint density at radius 3 is 2.56 bits per heavy atom. The van der Waals surface area contributed by atoms with E-state index in [2.05, 4.69) is 5.09 Å². The molecule has 0 aliphatic carbocycles. The van der Waals surface area contributed by atoms with Gasteiger partial charge in [0.05, 0.1) is 19.3 Å². The maximum Gasteiger partial charge on any atom is 0.459 e. The molecule has 0 spiro atoms. The Kier molecular flexibility index (Phi) is 10.8. The van der Waals surface area contributed by atoms with Gasteiger partial charge in [-0.1, -0.05) is 63.2 Å². The highest BCUT2D eigenvalue weighted by Crippen LogP contribution is 2.47. The molecule has 45 heavy (non-hydrogen) atoms. The van der Waals surface area contributed by atoms with E-state index in [1.54, 1.807) is 35.5 Å². The van der Waals surface area contributed by atoms with Crippen LogP contribution in [0.3, 0.4) is 0 Å². The summed E-state index contributed by atoms with van der Waals surface area (Å²) in [6, 6.07) is 11.7. The number of rotatable bonds is 13. The number of esters is 1. The number of amides is 1. The summed E-state index contributed by atoms with van der Waals surface area (Å²) in [5, 5.41) is 14.7. The molecule has 0 aromatic heterocycles. The minimum atomic E-state index is -4.27. The van der Waals surface area contributed by atoms with Crippen LogP contribution in [0.4, 0.5) is 0 Å². The molecule has 2 aliphatic rings. The third-order valence-corrected chi connectivity index (χ3v) is 8.55.